The number of halogens is 2. The fraction of sp³-hybridized carbons (Fsp3) is 0. The Hall–Kier alpha value is -0.670. The maximum Gasteiger partial charge on any atom is 0.142 e. The van der Waals surface area contributed by atoms with Crippen molar-refractivity contribution in [3.63, 3.8) is 0 Å². The summed E-state index contributed by atoms with van der Waals surface area (Å²) < 4.78 is 14.8. The predicted octanol–water partition coefficient (Wildman–Crippen LogP) is 3.52. The third-order valence-electron chi connectivity index (χ3n) is 1.75. The van der Waals surface area contributed by atoms with Gasteiger partial charge in [0.2, 0.25) is 0 Å². The molecule has 0 saturated carbocycles. The van der Waals surface area contributed by atoms with Gasteiger partial charge in [0.1, 0.15) is 11.9 Å². The van der Waals surface area contributed by atoms with Crippen molar-refractivity contribution in [3.8, 4) is 6.07 Å². The molecule has 2 rings (SSSR count). The molecule has 0 bridgehead atoms. The minimum Gasteiger partial charge on any atom is -0.205 e. The summed E-state index contributed by atoms with van der Waals surface area (Å²) in [6.45, 7) is 0. The molecule has 0 aliphatic rings. The molecule has 0 atom stereocenters. The van der Waals surface area contributed by atoms with E-state index in [1.54, 1.807) is 12.1 Å². The molecule has 1 aromatic heterocycles. The van der Waals surface area contributed by atoms with E-state index in [9.17, 15) is 4.39 Å². The number of nitriles is 1. The van der Waals surface area contributed by atoms with Crippen LogP contribution in [0.15, 0.2) is 17.5 Å². The normalized spacial score (nSPS) is 10.2. The SMILES string of the molecule is N#Cc1ccc(I)c2c(F)csc12. The van der Waals surface area contributed by atoms with E-state index in [4.69, 9.17) is 5.26 Å². The van der Waals surface area contributed by atoms with E-state index in [2.05, 4.69) is 28.7 Å². The molecule has 0 amide bonds. The van der Waals surface area contributed by atoms with Crippen LogP contribution in [0.25, 0.3) is 10.1 Å². The van der Waals surface area contributed by atoms with Crippen LogP contribution < -0.4 is 0 Å². The van der Waals surface area contributed by atoms with Gasteiger partial charge in [-0.1, -0.05) is 0 Å². The number of hydrogen-bond acceptors (Lipinski definition) is 2. The standard InChI is InChI=1S/C9H3FINS/c10-6-4-13-9-5(3-12)1-2-7(11)8(6)9/h1-2,4H. The third kappa shape index (κ3) is 1.32. The zero-order valence-corrected chi connectivity index (χ0v) is 9.32. The monoisotopic (exact) mass is 303 g/mol. The fourth-order valence-corrected chi connectivity index (χ4v) is 2.96. The highest BCUT2D eigenvalue weighted by molar-refractivity contribution is 14.1. The Morgan fingerprint density at radius 2 is 2.23 bits per heavy atom. The highest BCUT2D eigenvalue weighted by Crippen LogP contribution is 2.31. The molecule has 2 aromatic rings. The van der Waals surface area contributed by atoms with Crippen LogP contribution in [0.5, 0.6) is 0 Å². The molecule has 0 aliphatic carbocycles. The molecular weight excluding hydrogens is 300 g/mol. The highest BCUT2D eigenvalue weighted by atomic mass is 127. The first-order valence-corrected chi connectivity index (χ1v) is 5.45. The molecule has 0 saturated heterocycles. The average molecular weight is 303 g/mol. The van der Waals surface area contributed by atoms with Gasteiger partial charge < -0.3 is 0 Å². The smallest absolute Gasteiger partial charge is 0.142 e. The first kappa shape index (κ1) is 8.91. The van der Waals surface area contributed by atoms with Crippen molar-refractivity contribution in [2.45, 2.75) is 0 Å². The molecule has 1 heterocycles. The number of rotatable bonds is 0. The minimum absolute atomic E-state index is 0.235. The lowest BCUT2D eigenvalue weighted by molar-refractivity contribution is 0.644. The maximum atomic E-state index is 13.2. The lowest BCUT2D eigenvalue weighted by atomic mass is 10.2. The topological polar surface area (TPSA) is 23.8 Å². The van der Waals surface area contributed by atoms with Gasteiger partial charge in [-0.15, -0.1) is 11.3 Å². The van der Waals surface area contributed by atoms with Crippen LogP contribution in [0, 0.1) is 20.7 Å². The molecular formula is C9H3FINS. The molecule has 0 unspecified atom stereocenters. The van der Waals surface area contributed by atoms with Crippen LogP contribution in [0.4, 0.5) is 4.39 Å². The summed E-state index contributed by atoms with van der Waals surface area (Å²) in [7, 11) is 0. The quantitative estimate of drug-likeness (QED) is 0.683. The number of fused-ring (bicyclic) bond motifs is 1. The fourth-order valence-electron chi connectivity index (χ4n) is 1.16. The zero-order valence-electron chi connectivity index (χ0n) is 6.34. The van der Waals surface area contributed by atoms with E-state index in [1.807, 2.05) is 0 Å². The number of thiophene rings is 1. The van der Waals surface area contributed by atoms with Gasteiger partial charge in [-0.05, 0) is 34.7 Å². The molecule has 1 nitrogen and oxygen atoms in total. The molecule has 64 valence electrons. The Kier molecular flexibility index (Phi) is 2.22. The summed E-state index contributed by atoms with van der Waals surface area (Å²) in [5.41, 5.74) is 0.546. The third-order valence-corrected chi connectivity index (χ3v) is 3.63. The van der Waals surface area contributed by atoms with E-state index >= 15 is 0 Å². The Bertz CT molecular complexity index is 512. The van der Waals surface area contributed by atoms with Crippen molar-refractivity contribution >= 4 is 44.0 Å². The Morgan fingerprint density at radius 1 is 1.46 bits per heavy atom. The first-order chi connectivity index (χ1) is 6.24. The number of nitrogens with zero attached hydrogens (tertiary/aromatic N) is 1. The van der Waals surface area contributed by atoms with Gasteiger partial charge in [0.25, 0.3) is 0 Å². The van der Waals surface area contributed by atoms with Crippen molar-refractivity contribution in [2.75, 3.05) is 0 Å². The van der Waals surface area contributed by atoms with Gasteiger partial charge in [0.05, 0.1) is 10.3 Å². The molecule has 0 N–H and O–H groups in total. The number of hydrogen-bond donors (Lipinski definition) is 0. The van der Waals surface area contributed by atoms with Crippen LogP contribution in [0.2, 0.25) is 0 Å². The molecule has 0 aliphatic heterocycles. The number of benzene rings is 1. The largest absolute Gasteiger partial charge is 0.205 e. The summed E-state index contributed by atoms with van der Waals surface area (Å²) in [5, 5.41) is 10.8. The van der Waals surface area contributed by atoms with Crippen molar-refractivity contribution in [2.24, 2.45) is 0 Å². The van der Waals surface area contributed by atoms with Crippen molar-refractivity contribution in [1.29, 1.82) is 5.26 Å². The van der Waals surface area contributed by atoms with Crippen LogP contribution in [-0.4, -0.2) is 0 Å². The Labute approximate surface area is 91.9 Å². The van der Waals surface area contributed by atoms with Gasteiger partial charge >= 0.3 is 0 Å². The molecule has 0 fully saturated rings. The summed E-state index contributed by atoms with van der Waals surface area (Å²) in [6.07, 6.45) is 0. The van der Waals surface area contributed by atoms with Gasteiger partial charge in [-0.2, -0.15) is 5.26 Å². The van der Waals surface area contributed by atoms with Crippen LogP contribution in [0.1, 0.15) is 5.56 Å². The molecule has 13 heavy (non-hydrogen) atoms. The lowest BCUT2D eigenvalue weighted by Crippen LogP contribution is -1.79. The van der Waals surface area contributed by atoms with Crippen molar-refractivity contribution in [1.82, 2.24) is 0 Å². The average Bonchev–Trinajstić information content (AvgIpc) is 2.50. The second kappa shape index (κ2) is 3.24. The summed E-state index contributed by atoms with van der Waals surface area (Å²) >= 11 is 3.35. The van der Waals surface area contributed by atoms with Gasteiger partial charge in [0, 0.05) is 14.3 Å². The van der Waals surface area contributed by atoms with Crippen LogP contribution in [-0.2, 0) is 0 Å². The minimum atomic E-state index is -0.235. The lowest BCUT2D eigenvalue weighted by Gasteiger charge is -1.95. The van der Waals surface area contributed by atoms with E-state index in [0.29, 0.717) is 10.9 Å². The van der Waals surface area contributed by atoms with E-state index in [1.165, 1.54) is 16.7 Å². The van der Waals surface area contributed by atoms with Crippen molar-refractivity contribution < 1.29 is 4.39 Å². The van der Waals surface area contributed by atoms with Crippen LogP contribution >= 0.6 is 33.9 Å². The Morgan fingerprint density at radius 3 is 2.92 bits per heavy atom. The van der Waals surface area contributed by atoms with E-state index < -0.39 is 0 Å². The van der Waals surface area contributed by atoms with E-state index in [-0.39, 0.29) is 5.82 Å². The summed E-state index contributed by atoms with van der Waals surface area (Å²) in [5.74, 6) is -0.235. The molecule has 1 aromatic carbocycles. The van der Waals surface area contributed by atoms with Gasteiger partial charge in [-0.3, -0.25) is 0 Å². The van der Waals surface area contributed by atoms with Gasteiger partial charge in [-0.25, -0.2) is 4.39 Å². The summed E-state index contributed by atoms with van der Waals surface area (Å²) in [6, 6.07) is 5.53. The van der Waals surface area contributed by atoms with Gasteiger partial charge in [0.15, 0.2) is 0 Å². The molecule has 4 heteroatoms. The first-order valence-electron chi connectivity index (χ1n) is 3.49. The maximum absolute atomic E-state index is 13.2. The zero-order chi connectivity index (χ0) is 9.42. The highest BCUT2D eigenvalue weighted by Gasteiger charge is 2.10. The second-order valence-corrected chi connectivity index (χ2v) is 4.54. The molecule has 0 radical (unpaired) electrons. The van der Waals surface area contributed by atoms with E-state index in [0.717, 1.165) is 8.27 Å². The van der Waals surface area contributed by atoms with Crippen LogP contribution in [0.3, 0.4) is 0 Å². The van der Waals surface area contributed by atoms with Crippen molar-refractivity contribution in [3.05, 3.63) is 32.5 Å². The summed E-state index contributed by atoms with van der Waals surface area (Å²) in [4.78, 5) is 0. The molecule has 0 spiro atoms. The second-order valence-electron chi connectivity index (χ2n) is 2.49. The Balaban J connectivity index is 2.97. The predicted molar refractivity (Wildman–Crippen MR) is 59.2 cm³/mol.